The first-order chi connectivity index (χ1) is 14.5. The van der Waals surface area contributed by atoms with Crippen LogP contribution >= 0.6 is 11.7 Å². The minimum absolute atomic E-state index is 0.0531. The highest BCUT2D eigenvalue weighted by Crippen LogP contribution is 2.21. The van der Waals surface area contributed by atoms with Gasteiger partial charge in [0.1, 0.15) is 11.0 Å². The predicted octanol–water partition coefficient (Wildman–Crippen LogP) is 2.83. The summed E-state index contributed by atoms with van der Waals surface area (Å²) in [6.45, 7) is 4.96. The summed E-state index contributed by atoms with van der Waals surface area (Å²) < 4.78 is 13.5. The first-order valence-electron chi connectivity index (χ1n) is 9.56. The number of benzene rings is 2. The topological polar surface area (TPSA) is 96.5 Å². The SMILES string of the molecule is COCCN(CC(=O)Nc1cccc(C)c1C)CC(=O)Nc1cccc2nsnc12. The number of nitrogens with one attached hydrogen (secondary N) is 2. The number of rotatable bonds is 9. The van der Waals surface area contributed by atoms with Crippen molar-refractivity contribution in [3.63, 3.8) is 0 Å². The molecule has 9 heteroatoms. The second-order valence-electron chi connectivity index (χ2n) is 6.98. The second-order valence-corrected chi connectivity index (χ2v) is 7.51. The molecule has 3 rings (SSSR count). The number of anilines is 2. The zero-order valence-electron chi connectivity index (χ0n) is 17.3. The Morgan fingerprint density at radius 2 is 1.67 bits per heavy atom. The van der Waals surface area contributed by atoms with E-state index >= 15 is 0 Å². The molecule has 8 nitrogen and oxygen atoms in total. The number of amides is 2. The van der Waals surface area contributed by atoms with E-state index in [2.05, 4.69) is 19.4 Å². The van der Waals surface area contributed by atoms with E-state index in [9.17, 15) is 9.59 Å². The van der Waals surface area contributed by atoms with Gasteiger partial charge in [0.25, 0.3) is 0 Å². The highest BCUT2D eigenvalue weighted by molar-refractivity contribution is 7.00. The smallest absolute Gasteiger partial charge is 0.238 e. The summed E-state index contributed by atoms with van der Waals surface area (Å²) in [6.07, 6.45) is 0. The summed E-state index contributed by atoms with van der Waals surface area (Å²) in [5.41, 5.74) is 4.91. The number of nitrogens with zero attached hydrogens (tertiary/aromatic N) is 3. The second kappa shape index (κ2) is 10.2. The molecule has 0 radical (unpaired) electrons. The van der Waals surface area contributed by atoms with Crippen LogP contribution in [-0.4, -0.2) is 58.8 Å². The third-order valence-electron chi connectivity index (χ3n) is 4.78. The number of carbonyl (C=O) groups excluding carboxylic acids is 2. The molecule has 30 heavy (non-hydrogen) atoms. The van der Waals surface area contributed by atoms with Crippen molar-refractivity contribution in [1.82, 2.24) is 13.6 Å². The Bertz CT molecular complexity index is 1040. The van der Waals surface area contributed by atoms with Crippen LogP contribution in [0.1, 0.15) is 11.1 Å². The molecule has 0 aliphatic heterocycles. The summed E-state index contributed by atoms with van der Waals surface area (Å²) >= 11 is 1.10. The fourth-order valence-electron chi connectivity index (χ4n) is 3.01. The van der Waals surface area contributed by atoms with Gasteiger partial charge in [-0.25, -0.2) is 0 Å². The van der Waals surface area contributed by atoms with Crippen LogP contribution in [0.5, 0.6) is 0 Å². The van der Waals surface area contributed by atoms with E-state index in [1.807, 2.05) is 44.2 Å². The lowest BCUT2D eigenvalue weighted by atomic mass is 10.1. The van der Waals surface area contributed by atoms with Crippen molar-refractivity contribution in [1.29, 1.82) is 0 Å². The number of fused-ring (bicyclic) bond motifs is 1. The molecule has 0 atom stereocenters. The molecular weight excluding hydrogens is 402 g/mol. The number of methoxy groups -OCH3 is 1. The standard InChI is InChI=1S/C21H25N5O3S/c1-14-6-4-7-16(15(14)2)22-19(27)12-26(10-11-29-3)13-20(28)23-17-8-5-9-18-21(17)25-30-24-18/h4-9H,10-13H2,1-3H3,(H,22,27)(H,23,28). The van der Waals surface area contributed by atoms with E-state index in [4.69, 9.17) is 4.74 Å². The Labute approximate surface area is 179 Å². The summed E-state index contributed by atoms with van der Waals surface area (Å²) in [7, 11) is 1.59. The summed E-state index contributed by atoms with van der Waals surface area (Å²) in [4.78, 5) is 27.0. The van der Waals surface area contributed by atoms with Crippen molar-refractivity contribution >= 4 is 46.0 Å². The van der Waals surface area contributed by atoms with Gasteiger partial charge < -0.3 is 15.4 Å². The average Bonchev–Trinajstić information content (AvgIpc) is 3.19. The van der Waals surface area contributed by atoms with Gasteiger partial charge in [0, 0.05) is 19.3 Å². The van der Waals surface area contributed by atoms with Crippen LogP contribution in [0, 0.1) is 13.8 Å². The van der Waals surface area contributed by atoms with Gasteiger partial charge in [-0.2, -0.15) is 8.75 Å². The van der Waals surface area contributed by atoms with Crippen LogP contribution < -0.4 is 10.6 Å². The highest BCUT2D eigenvalue weighted by atomic mass is 32.1. The molecule has 1 heterocycles. The summed E-state index contributed by atoms with van der Waals surface area (Å²) in [5, 5.41) is 5.80. The van der Waals surface area contributed by atoms with Crippen LogP contribution in [0.25, 0.3) is 11.0 Å². The van der Waals surface area contributed by atoms with Gasteiger partial charge in [-0.1, -0.05) is 18.2 Å². The van der Waals surface area contributed by atoms with Crippen molar-refractivity contribution in [2.24, 2.45) is 0 Å². The molecule has 0 fully saturated rings. The third-order valence-corrected chi connectivity index (χ3v) is 5.33. The molecule has 3 aromatic rings. The zero-order valence-corrected chi connectivity index (χ0v) is 18.1. The lowest BCUT2D eigenvalue weighted by molar-refractivity contribution is -0.120. The third kappa shape index (κ3) is 5.59. The molecule has 1 aromatic heterocycles. The number of hydrogen-bond donors (Lipinski definition) is 2. The highest BCUT2D eigenvalue weighted by Gasteiger charge is 2.17. The van der Waals surface area contributed by atoms with Gasteiger partial charge in [0.05, 0.1) is 37.1 Å². The molecule has 2 amide bonds. The Balaban J connectivity index is 1.63. The van der Waals surface area contributed by atoms with E-state index in [1.165, 1.54) is 0 Å². The Morgan fingerprint density at radius 1 is 1.00 bits per heavy atom. The Hall–Kier alpha value is -2.88. The average molecular weight is 428 g/mol. The minimum Gasteiger partial charge on any atom is -0.383 e. The lowest BCUT2D eigenvalue weighted by Gasteiger charge is -2.21. The van der Waals surface area contributed by atoms with E-state index in [0.29, 0.717) is 24.4 Å². The van der Waals surface area contributed by atoms with Crippen LogP contribution in [0.3, 0.4) is 0 Å². The van der Waals surface area contributed by atoms with Crippen molar-refractivity contribution in [2.75, 3.05) is 44.0 Å². The maximum atomic E-state index is 12.6. The quantitative estimate of drug-likeness (QED) is 0.545. The van der Waals surface area contributed by atoms with Crippen molar-refractivity contribution in [2.45, 2.75) is 13.8 Å². The van der Waals surface area contributed by atoms with Gasteiger partial charge in [-0.3, -0.25) is 14.5 Å². The monoisotopic (exact) mass is 427 g/mol. The van der Waals surface area contributed by atoms with Crippen molar-refractivity contribution in [3.05, 3.63) is 47.5 Å². The number of ether oxygens (including phenoxy) is 1. The van der Waals surface area contributed by atoms with E-state index in [-0.39, 0.29) is 24.9 Å². The fourth-order valence-corrected chi connectivity index (χ4v) is 3.56. The lowest BCUT2D eigenvalue weighted by Crippen LogP contribution is -2.40. The molecule has 158 valence electrons. The van der Waals surface area contributed by atoms with Gasteiger partial charge >= 0.3 is 0 Å². The van der Waals surface area contributed by atoms with Gasteiger partial charge in [-0.05, 0) is 43.2 Å². The van der Waals surface area contributed by atoms with Gasteiger partial charge in [0.2, 0.25) is 11.8 Å². The first-order valence-corrected chi connectivity index (χ1v) is 10.3. The summed E-state index contributed by atoms with van der Waals surface area (Å²) in [5.74, 6) is -0.412. The van der Waals surface area contributed by atoms with Crippen molar-refractivity contribution in [3.8, 4) is 0 Å². The number of carbonyl (C=O) groups is 2. The van der Waals surface area contributed by atoms with E-state index < -0.39 is 0 Å². The Morgan fingerprint density at radius 3 is 2.40 bits per heavy atom. The number of aryl methyl sites for hydroxylation is 1. The summed E-state index contributed by atoms with van der Waals surface area (Å²) in [6, 6.07) is 11.2. The van der Waals surface area contributed by atoms with Crippen LogP contribution in [0.15, 0.2) is 36.4 Å². The molecule has 0 spiro atoms. The van der Waals surface area contributed by atoms with Crippen LogP contribution in [0.2, 0.25) is 0 Å². The van der Waals surface area contributed by atoms with E-state index in [1.54, 1.807) is 18.1 Å². The molecule has 2 aromatic carbocycles. The van der Waals surface area contributed by atoms with Crippen LogP contribution in [0.4, 0.5) is 11.4 Å². The fraction of sp³-hybridized carbons (Fsp3) is 0.333. The predicted molar refractivity (Wildman–Crippen MR) is 119 cm³/mol. The number of aromatic nitrogens is 2. The van der Waals surface area contributed by atoms with Gasteiger partial charge in [0.15, 0.2) is 0 Å². The number of hydrogen-bond acceptors (Lipinski definition) is 7. The molecular formula is C21H25N5O3S. The zero-order chi connectivity index (χ0) is 21.5. The Kier molecular flexibility index (Phi) is 7.45. The van der Waals surface area contributed by atoms with Gasteiger partial charge in [-0.15, -0.1) is 0 Å². The first kappa shape index (κ1) is 21.8. The molecule has 0 saturated carbocycles. The molecule has 0 unspecified atom stereocenters. The molecule has 0 aliphatic carbocycles. The minimum atomic E-state index is -0.230. The maximum absolute atomic E-state index is 12.6. The largest absolute Gasteiger partial charge is 0.383 e. The van der Waals surface area contributed by atoms with Crippen LogP contribution in [-0.2, 0) is 14.3 Å². The molecule has 0 bridgehead atoms. The van der Waals surface area contributed by atoms with Crippen molar-refractivity contribution < 1.29 is 14.3 Å². The molecule has 0 aliphatic rings. The molecule has 2 N–H and O–H groups in total. The normalized spacial score (nSPS) is 11.1. The molecule has 0 saturated heterocycles. The van der Waals surface area contributed by atoms with E-state index in [0.717, 1.165) is 34.1 Å². The maximum Gasteiger partial charge on any atom is 0.238 e.